The molecule has 1 atom stereocenters. The number of benzene rings is 1. The fourth-order valence-corrected chi connectivity index (χ4v) is 4.74. The predicted molar refractivity (Wildman–Crippen MR) is 124 cm³/mol. The molecule has 0 radical (unpaired) electrons. The molecule has 30 heavy (non-hydrogen) atoms. The zero-order chi connectivity index (χ0) is 21.1. The van der Waals surface area contributed by atoms with Crippen LogP contribution in [0.5, 0.6) is 0 Å². The van der Waals surface area contributed by atoms with Crippen LogP contribution in [0.3, 0.4) is 0 Å². The van der Waals surface area contributed by atoms with Crippen molar-refractivity contribution in [3.63, 3.8) is 0 Å². The van der Waals surface area contributed by atoms with Crippen LogP contribution in [0.1, 0.15) is 44.6 Å². The van der Waals surface area contributed by atoms with Gasteiger partial charge in [-0.3, -0.25) is 9.69 Å². The number of imidazole rings is 1. The van der Waals surface area contributed by atoms with Gasteiger partial charge in [0.25, 0.3) is 0 Å². The van der Waals surface area contributed by atoms with Gasteiger partial charge >= 0.3 is 0 Å². The lowest BCUT2D eigenvalue weighted by atomic mass is 10.0. The minimum absolute atomic E-state index is 0.0736. The molecule has 0 aliphatic carbocycles. The number of anilines is 2. The van der Waals surface area contributed by atoms with Crippen molar-refractivity contribution in [3.05, 3.63) is 29.8 Å². The lowest BCUT2D eigenvalue weighted by Crippen LogP contribution is -2.35. The average Bonchev–Trinajstić information content (AvgIpc) is 3.05. The predicted octanol–water partition coefficient (Wildman–Crippen LogP) is 4.10. The minimum Gasteiger partial charge on any atom is -0.342 e. The Hall–Kier alpha value is -2.34. The van der Waals surface area contributed by atoms with Gasteiger partial charge in [0, 0.05) is 38.4 Å². The number of aromatic nitrogens is 2. The summed E-state index contributed by atoms with van der Waals surface area (Å²) in [6.45, 7) is 9.60. The number of likely N-dealkylation sites (tertiary alicyclic amines) is 1. The lowest BCUT2D eigenvalue weighted by Gasteiger charge is -2.31. The van der Waals surface area contributed by atoms with Gasteiger partial charge < -0.3 is 14.8 Å². The Morgan fingerprint density at radius 3 is 2.77 bits per heavy atom. The van der Waals surface area contributed by atoms with Crippen LogP contribution >= 0.6 is 0 Å². The maximum absolute atomic E-state index is 12.4. The number of hydrogen-bond donors (Lipinski definition) is 1. The molecule has 3 heterocycles. The molecule has 162 valence electrons. The molecule has 1 aromatic heterocycles. The van der Waals surface area contributed by atoms with E-state index in [1.165, 1.54) is 32.1 Å². The van der Waals surface area contributed by atoms with E-state index < -0.39 is 0 Å². The largest absolute Gasteiger partial charge is 0.342 e. The lowest BCUT2D eigenvalue weighted by molar-refractivity contribution is -0.111. The summed E-state index contributed by atoms with van der Waals surface area (Å²) >= 11 is 0. The highest BCUT2D eigenvalue weighted by atomic mass is 16.1. The second-order valence-corrected chi connectivity index (χ2v) is 9.07. The Morgan fingerprint density at radius 2 is 2.00 bits per heavy atom. The minimum atomic E-state index is -0.0736. The van der Waals surface area contributed by atoms with Crippen molar-refractivity contribution in [1.29, 1.82) is 0 Å². The molecule has 1 aromatic carbocycles. The van der Waals surface area contributed by atoms with Crippen LogP contribution in [0.4, 0.5) is 11.6 Å². The molecule has 1 amide bonds. The number of amides is 1. The molecule has 6 nitrogen and oxygen atoms in total. The zero-order valence-electron chi connectivity index (χ0n) is 18.7. The number of nitrogens with zero attached hydrogens (tertiary/aromatic N) is 4. The van der Waals surface area contributed by atoms with Crippen LogP contribution in [-0.4, -0.2) is 53.1 Å². The Labute approximate surface area is 179 Å². The molecule has 0 bridgehead atoms. The normalized spacial score (nSPS) is 20.9. The van der Waals surface area contributed by atoms with E-state index in [-0.39, 0.29) is 5.91 Å². The van der Waals surface area contributed by atoms with Gasteiger partial charge in [0.2, 0.25) is 11.9 Å². The van der Waals surface area contributed by atoms with Crippen molar-refractivity contribution >= 4 is 28.6 Å². The highest BCUT2D eigenvalue weighted by Crippen LogP contribution is 2.29. The Morgan fingerprint density at radius 1 is 1.20 bits per heavy atom. The van der Waals surface area contributed by atoms with Crippen molar-refractivity contribution in [2.75, 3.05) is 42.9 Å². The molecule has 2 fully saturated rings. The summed E-state index contributed by atoms with van der Waals surface area (Å²) in [5.41, 5.74) is 3.94. The maximum Gasteiger partial charge on any atom is 0.248 e. The van der Waals surface area contributed by atoms with Gasteiger partial charge in [-0.15, -0.1) is 0 Å². The smallest absolute Gasteiger partial charge is 0.248 e. The summed E-state index contributed by atoms with van der Waals surface area (Å²) in [4.78, 5) is 22.2. The summed E-state index contributed by atoms with van der Waals surface area (Å²) < 4.78 is 2.19. The van der Waals surface area contributed by atoms with Gasteiger partial charge in [0.1, 0.15) is 0 Å². The highest BCUT2D eigenvalue weighted by molar-refractivity contribution is 6.01. The summed E-state index contributed by atoms with van der Waals surface area (Å²) in [6.07, 6.45) is 10.0. The van der Waals surface area contributed by atoms with Crippen LogP contribution in [-0.2, 0) is 11.8 Å². The monoisotopic (exact) mass is 409 g/mol. The summed E-state index contributed by atoms with van der Waals surface area (Å²) in [7, 11) is 2.09. The van der Waals surface area contributed by atoms with E-state index in [1.807, 2.05) is 19.1 Å². The molecular weight excluding hydrogens is 374 g/mol. The quantitative estimate of drug-likeness (QED) is 0.756. The number of piperidine rings is 2. The second kappa shape index (κ2) is 9.21. The van der Waals surface area contributed by atoms with Gasteiger partial charge in [-0.05, 0) is 69.3 Å². The molecule has 0 unspecified atom stereocenters. The molecule has 0 saturated carbocycles. The highest BCUT2D eigenvalue weighted by Gasteiger charge is 2.21. The van der Waals surface area contributed by atoms with Crippen LogP contribution in [0.2, 0.25) is 0 Å². The van der Waals surface area contributed by atoms with Crippen LogP contribution < -0.4 is 10.2 Å². The third-order valence-electron chi connectivity index (χ3n) is 6.48. The fraction of sp³-hybridized carbons (Fsp3) is 0.583. The number of aryl methyl sites for hydroxylation is 2. The van der Waals surface area contributed by atoms with Crippen LogP contribution in [0, 0.1) is 12.8 Å². The van der Waals surface area contributed by atoms with Crippen molar-refractivity contribution in [2.45, 2.75) is 46.0 Å². The first kappa shape index (κ1) is 20.9. The third-order valence-corrected chi connectivity index (χ3v) is 6.48. The van der Waals surface area contributed by atoms with E-state index in [0.717, 1.165) is 61.0 Å². The number of fused-ring (bicyclic) bond motifs is 1. The van der Waals surface area contributed by atoms with Crippen LogP contribution in [0.15, 0.2) is 24.3 Å². The number of carbonyl (C=O) groups is 1. The molecule has 1 N–H and O–H groups in total. The van der Waals surface area contributed by atoms with Crippen molar-refractivity contribution in [2.24, 2.45) is 13.0 Å². The SMILES string of the molecule is Cc1cc2c(cc1NC(=O)/C=C/CN1CCCCC1)nc(N1CCC[C@@H](C)C1)n2C. The van der Waals surface area contributed by atoms with Crippen molar-refractivity contribution in [3.8, 4) is 0 Å². The van der Waals surface area contributed by atoms with Gasteiger partial charge in [-0.25, -0.2) is 4.98 Å². The van der Waals surface area contributed by atoms with E-state index in [2.05, 4.69) is 39.7 Å². The summed E-state index contributed by atoms with van der Waals surface area (Å²) in [6, 6.07) is 4.14. The first-order chi connectivity index (χ1) is 14.5. The topological polar surface area (TPSA) is 53.4 Å². The summed E-state index contributed by atoms with van der Waals surface area (Å²) in [5, 5.41) is 3.05. The van der Waals surface area contributed by atoms with Crippen LogP contribution in [0.25, 0.3) is 11.0 Å². The zero-order valence-corrected chi connectivity index (χ0v) is 18.7. The Bertz CT molecular complexity index is 925. The number of carbonyl (C=O) groups excluding carboxylic acids is 1. The van der Waals surface area contributed by atoms with E-state index in [9.17, 15) is 4.79 Å². The first-order valence-corrected chi connectivity index (χ1v) is 11.4. The van der Waals surface area contributed by atoms with E-state index >= 15 is 0 Å². The van der Waals surface area contributed by atoms with E-state index in [1.54, 1.807) is 6.08 Å². The fourth-order valence-electron chi connectivity index (χ4n) is 4.74. The summed E-state index contributed by atoms with van der Waals surface area (Å²) in [5.74, 6) is 1.66. The average molecular weight is 410 g/mol. The van der Waals surface area contributed by atoms with Crippen molar-refractivity contribution < 1.29 is 4.79 Å². The molecule has 2 aliphatic heterocycles. The standard InChI is InChI=1S/C24H35N5O/c1-18-9-7-14-29(17-18)24-26-21-16-20(19(2)15-22(21)27(24)3)25-23(30)10-8-13-28-11-5-4-6-12-28/h8,10,15-16,18H,4-7,9,11-14,17H2,1-3H3,(H,25,30)/b10-8+/t18-/m1/s1. The third kappa shape index (κ3) is 4.69. The van der Waals surface area contributed by atoms with Gasteiger partial charge in [0.05, 0.1) is 11.0 Å². The van der Waals surface area contributed by atoms with Gasteiger partial charge in [0.15, 0.2) is 0 Å². The molecule has 4 rings (SSSR count). The Balaban J connectivity index is 1.46. The Kier molecular flexibility index (Phi) is 6.42. The number of hydrogen-bond acceptors (Lipinski definition) is 4. The van der Waals surface area contributed by atoms with Gasteiger partial charge in [-0.1, -0.05) is 19.4 Å². The molecule has 6 heteroatoms. The van der Waals surface area contributed by atoms with E-state index in [4.69, 9.17) is 4.98 Å². The molecule has 2 aliphatic rings. The van der Waals surface area contributed by atoms with Gasteiger partial charge in [-0.2, -0.15) is 0 Å². The number of nitrogens with one attached hydrogen (secondary N) is 1. The first-order valence-electron chi connectivity index (χ1n) is 11.4. The molecule has 2 aromatic rings. The molecule has 2 saturated heterocycles. The maximum atomic E-state index is 12.4. The molecule has 0 spiro atoms. The molecular formula is C24H35N5O. The second-order valence-electron chi connectivity index (χ2n) is 9.07. The number of rotatable bonds is 5. The van der Waals surface area contributed by atoms with Crippen molar-refractivity contribution in [1.82, 2.24) is 14.5 Å². The van der Waals surface area contributed by atoms with E-state index in [0.29, 0.717) is 5.92 Å².